The minimum absolute atomic E-state index is 0.197. The van der Waals surface area contributed by atoms with Gasteiger partial charge in [0.2, 0.25) is 0 Å². The first kappa shape index (κ1) is 17.8. The predicted octanol–water partition coefficient (Wildman–Crippen LogP) is 4.87. The highest BCUT2D eigenvalue weighted by molar-refractivity contribution is 5.65. The van der Waals surface area contributed by atoms with E-state index in [-0.39, 0.29) is 11.7 Å². The van der Waals surface area contributed by atoms with Gasteiger partial charge in [-0.25, -0.2) is 13.2 Å². The van der Waals surface area contributed by atoms with Crippen molar-refractivity contribution < 1.29 is 13.2 Å². The maximum Gasteiger partial charge on any atom is 0.130 e. The third kappa shape index (κ3) is 3.90. The second-order valence-corrected chi connectivity index (χ2v) is 7.02. The van der Waals surface area contributed by atoms with Crippen LogP contribution in [0.15, 0.2) is 48.7 Å². The van der Waals surface area contributed by atoms with Gasteiger partial charge in [0.15, 0.2) is 0 Å². The monoisotopic (exact) mass is 371 g/mol. The topological polar surface area (TPSA) is 31.9 Å². The number of hydrogen-bond donors (Lipinski definition) is 1. The van der Waals surface area contributed by atoms with E-state index in [0.29, 0.717) is 12.1 Å². The fraction of sp³-hybridized carbons (Fsp3) is 0.286. The molecule has 27 heavy (non-hydrogen) atoms. The van der Waals surface area contributed by atoms with Gasteiger partial charge in [0.25, 0.3) is 0 Å². The van der Waals surface area contributed by atoms with E-state index < -0.39 is 11.6 Å². The van der Waals surface area contributed by atoms with Crippen molar-refractivity contribution >= 4 is 0 Å². The van der Waals surface area contributed by atoms with Gasteiger partial charge in [-0.1, -0.05) is 18.2 Å². The van der Waals surface area contributed by atoms with Gasteiger partial charge < -0.3 is 0 Å². The highest BCUT2D eigenvalue weighted by Crippen LogP contribution is 2.33. The standard InChI is InChI=1S/C21H20F3N3/c22-17-5-1-3-14(9-17)19-11-25-26-21(19)16-4-2-8-27(13-16)12-15-6-7-18(23)10-20(15)24/h1,3,5-7,9-11,16H,2,4,8,12-13H2,(H,25,26)/t16-/m0/s1. The van der Waals surface area contributed by atoms with Gasteiger partial charge in [-0.05, 0) is 43.1 Å². The summed E-state index contributed by atoms with van der Waals surface area (Å²) in [7, 11) is 0. The molecule has 0 aliphatic carbocycles. The van der Waals surface area contributed by atoms with Crippen LogP contribution >= 0.6 is 0 Å². The smallest absolute Gasteiger partial charge is 0.130 e. The molecule has 140 valence electrons. The largest absolute Gasteiger partial charge is 0.298 e. The van der Waals surface area contributed by atoms with Crippen LogP contribution in [0.25, 0.3) is 11.1 Å². The summed E-state index contributed by atoms with van der Waals surface area (Å²) in [6.07, 6.45) is 3.67. The number of aromatic nitrogens is 2. The van der Waals surface area contributed by atoms with E-state index in [4.69, 9.17) is 0 Å². The molecule has 0 amide bonds. The molecule has 1 aromatic heterocycles. The highest BCUT2D eigenvalue weighted by atomic mass is 19.1. The molecular weight excluding hydrogens is 351 g/mol. The molecule has 1 N–H and O–H groups in total. The summed E-state index contributed by atoms with van der Waals surface area (Å²) in [5, 5.41) is 7.24. The molecule has 0 bridgehead atoms. The Morgan fingerprint density at radius 2 is 1.93 bits per heavy atom. The van der Waals surface area contributed by atoms with E-state index in [1.54, 1.807) is 12.3 Å². The van der Waals surface area contributed by atoms with E-state index in [0.717, 1.165) is 48.8 Å². The van der Waals surface area contributed by atoms with E-state index >= 15 is 0 Å². The Morgan fingerprint density at radius 1 is 1.07 bits per heavy atom. The molecule has 3 nitrogen and oxygen atoms in total. The summed E-state index contributed by atoms with van der Waals surface area (Å²) < 4.78 is 40.7. The van der Waals surface area contributed by atoms with Crippen molar-refractivity contribution in [2.24, 2.45) is 0 Å². The molecule has 2 heterocycles. The maximum absolute atomic E-state index is 14.0. The van der Waals surface area contributed by atoms with Crippen LogP contribution in [-0.4, -0.2) is 28.2 Å². The number of nitrogens with zero attached hydrogens (tertiary/aromatic N) is 2. The summed E-state index contributed by atoms with van der Waals surface area (Å²) in [5.41, 5.74) is 3.16. The molecule has 1 saturated heterocycles. The Hall–Kier alpha value is -2.60. The minimum atomic E-state index is -0.565. The summed E-state index contributed by atoms with van der Waals surface area (Å²) >= 11 is 0. The zero-order valence-corrected chi connectivity index (χ0v) is 14.8. The molecule has 0 saturated carbocycles. The van der Waals surface area contributed by atoms with Crippen molar-refractivity contribution in [3.8, 4) is 11.1 Å². The molecule has 0 spiro atoms. The number of hydrogen-bond acceptors (Lipinski definition) is 2. The lowest BCUT2D eigenvalue weighted by atomic mass is 9.90. The Bertz CT molecular complexity index is 938. The molecule has 2 aromatic carbocycles. The Labute approximate surface area is 155 Å². The number of benzene rings is 2. The number of rotatable bonds is 4. The van der Waals surface area contributed by atoms with Crippen LogP contribution < -0.4 is 0 Å². The number of nitrogens with one attached hydrogen (secondary N) is 1. The van der Waals surface area contributed by atoms with Crippen molar-refractivity contribution in [1.29, 1.82) is 0 Å². The quantitative estimate of drug-likeness (QED) is 0.709. The number of likely N-dealkylation sites (tertiary alicyclic amines) is 1. The van der Waals surface area contributed by atoms with E-state index in [1.807, 2.05) is 6.07 Å². The van der Waals surface area contributed by atoms with Crippen molar-refractivity contribution in [2.45, 2.75) is 25.3 Å². The van der Waals surface area contributed by atoms with Crippen LogP contribution in [0, 0.1) is 17.5 Å². The average Bonchev–Trinajstić information content (AvgIpc) is 3.14. The molecular formula is C21H20F3N3. The van der Waals surface area contributed by atoms with E-state index in [1.165, 1.54) is 24.3 Å². The second kappa shape index (κ2) is 7.56. The fourth-order valence-corrected chi connectivity index (χ4v) is 3.82. The summed E-state index contributed by atoms with van der Waals surface area (Å²) in [6.45, 7) is 2.03. The van der Waals surface area contributed by atoms with Crippen LogP contribution in [0.1, 0.15) is 30.0 Å². The predicted molar refractivity (Wildman–Crippen MR) is 97.6 cm³/mol. The van der Waals surface area contributed by atoms with Gasteiger partial charge in [-0.3, -0.25) is 10.00 Å². The SMILES string of the molecule is Fc1cccc(-c2cn[nH]c2[C@H]2CCCN(Cc3ccc(F)cc3F)C2)c1. The third-order valence-corrected chi connectivity index (χ3v) is 5.13. The summed E-state index contributed by atoms with van der Waals surface area (Å²) in [6, 6.07) is 10.2. The molecule has 1 aliphatic rings. The fourth-order valence-electron chi connectivity index (χ4n) is 3.82. The highest BCUT2D eigenvalue weighted by Gasteiger charge is 2.25. The van der Waals surface area contributed by atoms with Gasteiger partial charge in [0.1, 0.15) is 17.5 Å². The van der Waals surface area contributed by atoms with Crippen LogP contribution in [0.5, 0.6) is 0 Å². The van der Waals surface area contributed by atoms with Crippen LogP contribution in [0.2, 0.25) is 0 Å². The van der Waals surface area contributed by atoms with E-state index in [2.05, 4.69) is 15.1 Å². The normalized spacial score (nSPS) is 18.0. The zero-order valence-electron chi connectivity index (χ0n) is 14.8. The van der Waals surface area contributed by atoms with Gasteiger partial charge in [-0.15, -0.1) is 0 Å². The Morgan fingerprint density at radius 3 is 2.74 bits per heavy atom. The average molecular weight is 371 g/mol. The van der Waals surface area contributed by atoms with E-state index in [9.17, 15) is 13.2 Å². The van der Waals surface area contributed by atoms with Gasteiger partial charge >= 0.3 is 0 Å². The second-order valence-electron chi connectivity index (χ2n) is 7.02. The lowest BCUT2D eigenvalue weighted by molar-refractivity contribution is 0.196. The molecule has 6 heteroatoms. The van der Waals surface area contributed by atoms with Crippen molar-refractivity contribution in [1.82, 2.24) is 15.1 Å². The number of aromatic amines is 1. The lowest BCUT2D eigenvalue weighted by Crippen LogP contribution is -2.34. The first-order valence-electron chi connectivity index (χ1n) is 9.05. The molecule has 1 atom stereocenters. The number of piperidine rings is 1. The molecule has 1 aliphatic heterocycles. The molecule has 1 fully saturated rings. The van der Waals surface area contributed by atoms with Crippen LogP contribution in [0.3, 0.4) is 0 Å². The molecule has 0 radical (unpaired) electrons. The minimum Gasteiger partial charge on any atom is -0.298 e. The molecule has 3 aromatic rings. The zero-order chi connectivity index (χ0) is 18.8. The van der Waals surface area contributed by atoms with Crippen LogP contribution in [0.4, 0.5) is 13.2 Å². The summed E-state index contributed by atoms with van der Waals surface area (Å²) in [4.78, 5) is 2.17. The van der Waals surface area contributed by atoms with Gasteiger partial charge in [0.05, 0.1) is 6.20 Å². The number of halogens is 3. The Balaban J connectivity index is 1.53. The van der Waals surface area contributed by atoms with Gasteiger partial charge in [-0.2, -0.15) is 5.10 Å². The Kier molecular flexibility index (Phi) is 4.99. The molecule has 4 rings (SSSR count). The lowest BCUT2D eigenvalue weighted by Gasteiger charge is -2.32. The first-order chi connectivity index (χ1) is 13.1. The maximum atomic E-state index is 14.0. The number of H-pyrrole nitrogens is 1. The van der Waals surface area contributed by atoms with Crippen molar-refractivity contribution in [3.05, 3.63) is 77.4 Å². The summed E-state index contributed by atoms with van der Waals surface area (Å²) in [5.74, 6) is -1.16. The third-order valence-electron chi connectivity index (χ3n) is 5.13. The van der Waals surface area contributed by atoms with Gasteiger partial charge in [0, 0.05) is 41.9 Å². The van der Waals surface area contributed by atoms with Crippen LogP contribution in [-0.2, 0) is 6.54 Å². The molecule has 0 unspecified atom stereocenters. The first-order valence-corrected chi connectivity index (χ1v) is 9.05. The van der Waals surface area contributed by atoms with Crippen molar-refractivity contribution in [3.63, 3.8) is 0 Å². The van der Waals surface area contributed by atoms with Crippen molar-refractivity contribution in [2.75, 3.05) is 13.1 Å².